The van der Waals surface area contributed by atoms with Crippen molar-refractivity contribution in [2.75, 3.05) is 34.0 Å². The normalized spacial score (nSPS) is 11.1. The third kappa shape index (κ3) is 5.49. The lowest BCUT2D eigenvalue weighted by Gasteiger charge is -2.09. The van der Waals surface area contributed by atoms with E-state index in [1.165, 1.54) is 14.0 Å². The van der Waals surface area contributed by atoms with Gasteiger partial charge < -0.3 is 18.9 Å². The standard InChI is InChI=1S/C19H23NO8S2/c1-5-27-13-6-8-14(9-7-13)28-11-10-20-30(23,24)19-15(17(21)25-3)12(2)16(29-19)18(22)26-4/h6-9,20H,5,10-11H2,1-4H3. The summed E-state index contributed by atoms with van der Waals surface area (Å²) in [6.45, 7) is 3.89. The van der Waals surface area contributed by atoms with Crippen LogP contribution in [0.5, 0.6) is 11.5 Å². The quantitative estimate of drug-likeness (QED) is 0.427. The van der Waals surface area contributed by atoms with Crippen molar-refractivity contribution in [3.05, 3.63) is 40.3 Å². The van der Waals surface area contributed by atoms with E-state index in [1.807, 2.05) is 6.92 Å². The average Bonchev–Trinajstić information content (AvgIpc) is 3.09. The van der Waals surface area contributed by atoms with Gasteiger partial charge in [0.15, 0.2) is 4.21 Å². The van der Waals surface area contributed by atoms with Crippen LogP contribution in [0.15, 0.2) is 28.5 Å². The van der Waals surface area contributed by atoms with Crippen molar-refractivity contribution < 1.29 is 37.0 Å². The second kappa shape index (κ2) is 10.4. The maximum atomic E-state index is 12.7. The number of thiophene rings is 1. The molecule has 1 aromatic heterocycles. The van der Waals surface area contributed by atoms with Crippen molar-refractivity contribution in [1.29, 1.82) is 0 Å². The molecule has 0 fully saturated rings. The Hall–Kier alpha value is -2.63. The van der Waals surface area contributed by atoms with E-state index in [-0.39, 0.29) is 33.4 Å². The SMILES string of the molecule is CCOc1ccc(OCCNS(=O)(=O)c2sc(C(=O)OC)c(C)c2C(=O)OC)cc1. The van der Waals surface area contributed by atoms with Crippen LogP contribution in [0, 0.1) is 6.92 Å². The van der Waals surface area contributed by atoms with E-state index in [2.05, 4.69) is 14.2 Å². The maximum Gasteiger partial charge on any atom is 0.348 e. The number of hydrogen-bond acceptors (Lipinski definition) is 9. The second-order valence-electron chi connectivity index (χ2n) is 5.85. The number of esters is 2. The molecule has 11 heteroatoms. The molecule has 0 saturated carbocycles. The summed E-state index contributed by atoms with van der Waals surface area (Å²) >= 11 is 0.650. The molecule has 0 saturated heterocycles. The number of benzene rings is 1. The summed E-state index contributed by atoms with van der Waals surface area (Å²) < 4.78 is 47.7. The number of carbonyl (C=O) groups excluding carboxylic acids is 2. The predicted octanol–water partition coefficient (Wildman–Crippen LogP) is 2.39. The molecule has 0 aliphatic rings. The maximum absolute atomic E-state index is 12.7. The van der Waals surface area contributed by atoms with Gasteiger partial charge in [-0.05, 0) is 43.7 Å². The van der Waals surface area contributed by atoms with Crippen LogP contribution in [0.3, 0.4) is 0 Å². The first-order chi connectivity index (χ1) is 14.2. The Bertz CT molecular complexity index is 996. The van der Waals surface area contributed by atoms with Gasteiger partial charge in [0.2, 0.25) is 0 Å². The summed E-state index contributed by atoms with van der Waals surface area (Å²) in [7, 11) is -1.80. The number of methoxy groups -OCH3 is 2. The molecule has 0 aliphatic carbocycles. The fourth-order valence-electron chi connectivity index (χ4n) is 2.51. The van der Waals surface area contributed by atoms with Crippen molar-refractivity contribution in [3.8, 4) is 11.5 Å². The third-order valence-corrected chi connectivity index (χ3v) is 7.17. The van der Waals surface area contributed by atoms with E-state index in [1.54, 1.807) is 24.3 Å². The van der Waals surface area contributed by atoms with Gasteiger partial charge in [0.05, 0.1) is 26.4 Å². The van der Waals surface area contributed by atoms with Gasteiger partial charge in [-0.25, -0.2) is 22.7 Å². The van der Waals surface area contributed by atoms with Crippen molar-refractivity contribution in [3.63, 3.8) is 0 Å². The molecule has 9 nitrogen and oxygen atoms in total. The molecule has 0 atom stereocenters. The van der Waals surface area contributed by atoms with Gasteiger partial charge in [0, 0.05) is 6.54 Å². The van der Waals surface area contributed by atoms with Crippen molar-refractivity contribution in [1.82, 2.24) is 4.72 Å². The summed E-state index contributed by atoms with van der Waals surface area (Å²) in [6, 6.07) is 6.91. The van der Waals surface area contributed by atoms with E-state index >= 15 is 0 Å². The van der Waals surface area contributed by atoms with Gasteiger partial charge >= 0.3 is 11.9 Å². The molecule has 1 N–H and O–H groups in total. The first kappa shape index (κ1) is 23.6. The first-order valence-electron chi connectivity index (χ1n) is 8.90. The van der Waals surface area contributed by atoms with Gasteiger partial charge in [0.1, 0.15) is 23.0 Å². The minimum absolute atomic E-state index is 0.0175. The fourth-order valence-corrected chi connectivity index (χ4v) is 5.31. The summed E-state index contributed by atoms with van der Waals surface area (Å²) in [5, 5.41) is 0. The van der Waals surface area contributed by atoms with Crippen molar-refractivity contribution in [2.24, 2.45) is 0 Å². The Morgan fingerprint density at radius 3 is 2.10 bits per heavy atom. The molecule has 1 aromatic carbocycles. The van der Waals surface area contributed by atoms with Gasteiger partial charge in [0.25, 0.3) is 10.0 Å². The average molecular weight is 458 g/mol. The number of nitrogens with one attached hydrogen (secondary N) is 1. The molecule has 2 rings (SSSR count). The largest absolute Gasteiger partial charge is 0.494 e. The Labute approximate surface area is 179 Å². The van der Waals surface area contributed by atoms with Crippen LogP contribution >= 0.6 is 11.3 Å². The lowest BCUT2D eigenvalue weighted by atomic mass is 10.2. The summed E-state index contributed by atoms with van der Waals surface area (Å²) in [4.78, 5) is 24.0. The van der Waals surface area contributed by atoms with Crippen LogP contribution < -0.4 is 14.2 Å². The van der Waals surface area contributed by atoms with E-state index < -0.39 is 22.0 Å². The highest BCUT2D eigenvalue weighted by atomic mass is 32.2. The topological polar surface area (TPSA) is 117 Å². The van der Waals surface area contributed by atoms with E-state index in [9.17, 15) is 18.0 Å². The zero-order valence-corrected chi connectivity index (χ0v) is 18.6. The molecule has 0 bridgehead atoms. The van der Waals surface area contributed by atoms with Crippen molar-refractivity contribution >= 4 is 33.3 Å². The molecular weight excluding hydrogens is 434 g/mol. The zero-order chi connectivity index (χ0) is 22.3. The van der Waals surface area contributed by atoms with Crippen LogP contribution in [-0.2, 0) is 19.5 Å². The van der Waals surface area contributed by atoms with Crippen molar-refractivity contribution in [2.45, 2.75) is 18.1 Å². The van der Waals surface area contributed by atoms with Crippen LogP contribution in [0.1, 0.15) is 32.5 Å². The number of hydrogen-bond donors (Lipinski definition) is 1. The fraction of sp³-hybridized carbons (Fsp3) is 0.368. The molecule has 0 radical (unpaired) electrons. The first-order valence-corrected chi connectivity index (χ1v) is 11.2. The van der Waals surface area contributed by atoms with E-state index in [4.69, 9.17) is 9.47 Å². The van der Waals surface area contributed by atoms with Gasteiger partial charge in [-0.15, -0.1) is 11.3 Å². The minimum atomic E-state index is -4.10. The highest BCUT2D eigenvalue weighted by Crippen LogP contribution is 2.33. The molecular formula is C19H23NO8S2. The number of ether oxygens (including phenoxy) is 4. The minimum Gasteiger partial charge on any atom is -0.494 e. The second-order valence-corrected chi connectivity index (χ2v) is 8.84. The lowest BCUT2D eigenvalue weighted by Crippen LogP contribution is -2.29. The molecule has 30 heavy (non-hydrogen) atoms. The third-order valence-electron chi connectivity index (χ3n) is 3.92. The van der Waals surface area contributed by atoms with Gasteiger partial charge in [-0.2, -0.15) is 0 Å². The number of sulfonamides is 1. The Kier molecular flexibility index (Phi) is 8.21. The molecule has 164 valence electrons. The zero-order valence-electron chi connectivity index (χ0n) is 17.0. The smallest absolute Gasteiger partial charge is 0.348 e. The van der Waals surface area contributed by atoms with E-state index in [0.717, 1.165) is 7.11 Å². The number of carbonyl (C=O) groups is 2. The number of rotatable bonds is 10. The Balaban J connectivity index is 2.11. The van der Waals surface area contributed by atoms with Crippen LogP contribution in [-0.4, -0.2) is 54.3 Å². The highest BCUT2D eigenvalue weighted by Gasteiger charge is 2.32. The molecule has 0 spiro atoms. The summed E-state index contributed by atoms with van der Waals surface area (Å²) in [6.07, 6.45) is 0. The Morgan fingerprint density at radius 2 is 1.57 bits per heavy atom. The molecule has 2 aromatic rings. The van der Waals surface area contributed by atoms with Gasteiger partial charge in [-0.1, -0.05) is 0 Å². The van der Waals surface area contributed by atoms with Crippen LogP contribution in [0.2, 0.25) is 0 Å². The highest BCUT2D eigenvalue weighted by molar-refractivity contribution is 7.91. The summed E-state index contributed by atoms with van der Waals surface area (Å²) in [5.74, 6) is -0.337. The molecule has 0 amide bonds. The molecule has 1 heterocycles. The predicted molar refractivity (Wildman–Crippen MR) is 110 cm³/mol. The van der Waals surface area contributed by atoms with Crippen LogP contribution in [0.4, 0.5) is 0 Å². The monoisotopic (exact) mass is 457 g/mol. The summed E-state index contributed by atoms with van der Waals surface area (Å²) in [5.41, 5.74) is -0.00690. The Morgan fingerprint density at radius 1 is 1.00 bits per heavy atom. The molecule has 0 unspecified atom stereocenters. The van der Waals surface area contributed by atoms with Gasteiger partial charge in [-0.3, -0.25) is 0 Å². The lowest BCUT2D eigenvalue weighted by molar-refractivity contribution is 0.0596. The molecule has 0 aliphatic heterocycles. The van der Waals surface area contributed by atoms with E-state index in [0.29, 0.717) is 29.4 Å². The van der Waals surface area contributed by atoms with Crippen LogP contribution in [0.25, 0.3) is 0 Å².